The highest BCUT2D eigenvalue weighted by Crippen LogP contribution is 2.28. The first-order valence-electron chi connectivity index (χ1n) is 12.5. The van der Waals surface area contributed by atoms with E-state index in [1.54, 1.807) is 4.90 Å². The zero-order chi connectivity index (χ0) is 28.8. The van der Waals surface area contributed by atoms with Gasteiger partial charge in [0.05, 0.1) is 11.1 Å². The molecule has 13 heteroatoms. The fraction of sp³-hybridized carbons (Fsp3) is 0.385. The van der Waals surface area contributed by atoms with Gasteiger partial charge in [-0.25, -0.2) is 0 Å². The molecule has 0 heterocycles. The molecule has 0 spiro atoms. The number of phenols is 4. The summed E-state index contributed by atoms with van der Waals surface area (Å²) in [6.45, 7) is 1.49. The van der Waals surface area contributed by atoms with Gasteiger partial charge < -0.3 is 47.0 Å². The summed E-state index contributed by atoms with van der Waals surface area (Å²) in [5.74, 6) is -3.68. The maximum atomic E-state index is 12.7. The van der Waals surface area contributed by atoms with Gasteiger partial charge in [-0.2, -0.15) is 0 Å². The molecule has 0 unspecified atom stereocenters. The molecule has 0 radical (unpaired) electrons. The van der Waals surface area contributed by atoms with Crippen LogP contribution in [0.25, 0.3) is 0 Å². The molecule has 2 aromatic carbocycles. The van der Waals surface area contributed by atoms with E-state index in [1.807, 2.05) is 0 Å². The number of carbonyl (C=O) groups is 4. The highest BCUT2D eigenvalue weighted by atomic mass is 16.3. The monoisotopic (exact) mass is 545 g/mol. The second kappa shape index (κ2) is 15.7. The Balaban J connectivity index is 1.70. The quantitative estimate of drug-likeness (QED) is 0.113. The largest absolute Gasteiger partial charge is 0.504 e. The Morgan fingerprint density at radius 2 is 1.21 bits per heavy atom. The number of aromatic hydroxyl groups is 4. The maximum absolute atomic E-state index is 12.7. The molecule has 0 aliphatic rings. The molecule has 0 aromatic heterocycles. The van der Waals surface area contributed by atoms with Crippen molar-refractivity contribution in [1.29, 1.82) is 0 Å². The van der Waals surface area contributed by atoms with Crippen molar-refractivity contribution in [3.05, 3.63) is 47.5 Å². The molecule has 2 rings (SSSR count). The SMILES string of the molecule is NCCCN(CCCNC(=O)CCNC(=O)c1cccc(O)c1O)C(=O)CCNC(=O)c1cccc(O)c1O. The summed E-state index contributed by atoms with van der Waals surface area (Å²) in [4.78, 5) is 50.7. The van der Waals surface area contributed by atoms with E-state index in [-0.39, 0.29) is 48.9 Å². The number of phenolic OH excluding ortho intramolecular Hbond substituents is 4. The predicted molar refractivity (Wildman–Crippen MR) is 141 cm³/mol. The van der Waals surface area contributed by atoms with Gasteiger partial charge in [0.25, 0.3) is 11.8 Å². The zero-order valence-corrected chi connectivity index (χ0v) is 21.5. The van der Waals surface area contributed by atoms with Gasteiger partial charge in [0, 0.05) is 45.6 Å². The predicted octanol–water partition coefficient (Wildman–Crippen LogP) is 0.133. The Hall–Kier alpha value is -4.52. The van der Waals surface area contributed by atoms with E-state index < -0.39 is 34.8 Å². The van der Waals surface area contributed by atoms with Gasteiger partial charge in [-0.05, 0) is 43.7 Å². The average molecular weight is 546 g/mol. The van der Waals surface area contributed by atoms with E-state index in [9.17, 15) is 39.6 Å². The Kier molecular flexibility index (Phi) is 12.3. The minimum Gasteiger partial charge on any atom is -0.504 e. The van der Waals surface area contributed by atoms with Crippen LogP contribution in [0.5, 0.6) is 23.0 Å². The van der Waals surface area contributed by atoms with Gasteiger partial charge in [0.15, 0.2) is 23.0 Å². The fourth-order valence-electron chi connectivity index (χ4n) is 3.58. The lowest BCUT2D eigenvalue weighted by Gasteiger charge is -2.23. The summed E-state index contributed by atoms with van der Waals surface area (Å²) in [5.41, 5.74) is 5.37. The van der Waals surface area contributed by atoms with Crippen molar-refractivity contribution in [2.24, 2.45) is 5.73 Å². The van der Waals surface area contributed by atoms with Crippen LogP contribution in [0.15, 0.2) is 36.4 Å². The van der Waals surface area contributed by atoms with Crippen molar-refractivity contribution in [3.63, 3.8) is 0 Å². The van der Waals surface area contributed by atoms with Crippen molar-refractivity contribution in [2.75, 3.05) is 39.3 Å². The van der Waals surface area contributed by atoms with Crippen LogP contribution >= 0.6 is 0 Å². The van der Waals surface area contributed by atoms with Gasteiger partial charge in [0.2, 0.25) is 11.8 Å². The molecule has 2 aromatic rings. The normalized spacial score (nSPS) is 10.5. The molecule has 9 N–H and O–H groups in total. The van der Waals surface area contributed by atoms with Crippen molar-refractivity contribution in [1.82, 2.24) is 20.9 Å². The summed E-state index contributed by atoms with van der Waals surface area (Å²) in [5, 5.41) is 46.3. The molecule has 0 fully saturated rings. The van der Waals surface area contributed by atoms with Crippen molar-refractivity contribution in [3.8, 4) is 23.0 Å². The summed E-state index contributed by atoms with van der Waals surface area (Å²) < 4.78 is 0. The summed E-state index contributed by atoms with van der Waals surface area (Å²) in [6, 6.07) is 8.01. The smallest absolute Gasteiger partial charge is 0.255 e. The lowest BCUT2D eigenvalue weighted by atomic mass is 10.1. The van der Waals surface area contributed by atoms with Crippen LogP contribution in [0.2, 0.25) is 0 Å². The third-order valence-corrected chi connectivity index (χ3v) is 5.69. The number of hydrogen-bond acceptors (Lipinski definition) is 9. The third-order valence-electron chi connectivity index (χ3n) is 5.69. The lowest BCUT2D eigenvalue weighted by molar-refractivity contribution is -0.131. The van der Waals surface area contributed by atoms with E-state index in [0.717, 1.165) is 0 Å². The summed E-state index contributed by atoms with van der Waals surface area (Å²) >= 11 is 0. The highest BCUT2D eigenvalue weighted by molar-refractivity contribution is 5.98. The van der Waals surface area contributed by atoms with Crippen LogP contribution in [-0.2, 0) is 9.59 Å². The van der Waals surface area contributed by atoms with Crippen LogP contribution in [0.3, 0.4) is 0 Å². The van der Waals surface area contributed by atoms with E-state index in [1.165, 1.54) is 36.4 Å². The second-order valence-corrected chi connectivity index (χ2v) is 8.58. The topological polar surface area (TPSA) is 215 Å². The molecular weight excluding hydrogens is 510 g/mol. The minimum atomic E-state index is -0.625. The molecular formula is C26H35N5O8. The van der Waals surface area contributed by atoms with Crippen LogP contribution in [0, 0.1) is 0 Å². The second-order valence-electron chi connectivity index (χ2n) is 8.58. The minimum absolute atomic E-state index is 0.00439. The molecule has 0 bridgehead atoms. The number of nitrogens with one attached hydrogen (secondary N) is 3. The van der Waals surface area contributed by atoms with Gasteiger partial charge >= 0.3 is 0 Å². The van der Waals surface area contributed by atoms with Crippen LogP contribution in [0.1, 0.15) is 46.4 Å². The van der Waals surface area contributed by atoms with E-state index in [4.69, 9.17) is 5.73 Å². The molecule has 0 atom stereocenters. The molecule has 0 saturated heterocycles. The van der Waals surface area contributed by atoms with Crippen molar-refractivity contribution < 1.29 is 39.6 Å². The Morgan fingerprint density at radius 1 is 0.692 bits per heavy atom. The number of carbonyl (C=O) groups excluding carboxylic acids is 4. The molecule has 0 aliphatic carbocycles. The van der Waals surface area contributed by atoms with Crippen molar-refractivity contribution in [2.45, 2.75) is 25.7 Å². The van der Waals surface area contributed by atoms with Crippen LogP contribution in [-0.4, -0.2) is 88.2 Å². The standard InChI is InChI=1S/C26H35N5O8/c27-11-3-15-31(22(35)10-14-30-26(39)18-6-2-8-20(33)24(18)37)16-4-12-28-21(34)9-13-29-25(38)17-5-1-7-19(32)23(17)36/h1-2,5-8,32-33,36-37H,3-4,9-16,27H2,(H,28,34)(H,29,38)(H,30,39). The number of para-hydroxylation sites is 2. The highest BCUT2D eigenvalue weighted by Gasteiger charge is 2.17. The third kappa shape index (κ3) is 9.70. The number of amides is 4. The summed E-state index contributed by atoms with van der Waals surface area (Å²) in [6.07, 6.45) is 1.05. The molecule has 212 valence electrons. The number of nitrogens with zero attached hydrogens (tertiary/aromatic N) is 1. The zero-order valence-electron chi connectivity index (χ0n) is 21.5. The Bertz CT molecular complexity index is 1160. The summed E-state index contributed by atoms with van der Waals surface area (Å²) in [7, 11) is 0. The van der Waals surface area contributed by atoms with Gasteiger partial charge in [0.1, 0.15) is 0 Å². The van der Waals surface area contributed by atoms with Crippen LogP contribution < -0.4 is 21.7 Å². The number of hydrogen-bond donors (Lipinski definition) is 8. The van der Waals surface area contributed by atoms with Crippen LogP contribution in [0.4, 0.5) is 0 Å². The molecule has 0 aliphatic heterocycles. The number of nitrogens with two attached hydrogens (primary N) is 1. The van der Waals surface area contributed by atoms with E-state index in [2.05, 4.69) is 16.0 Å². The maximum Gasteiger partial charge on any atom is 0.255 e. The van der Waals surface area contributed by atoms with Gasteiger partial charge in [-0.3, -0.25) is 19.2 Å². The number of benzene rings is 2. The Labute approximate surface area is 225 Å². The molecule has 13 nitrogen and oxygen atoms in total. The molecule has 4 amide bonds. The van der Waals surface area contributed by atoms with Gasteiger partial charge in [-0.1, -0.05) is 12.1 Å². The lowest BCUT2D eigenvalue weighted by Crippen LogP contribution is -2.38. The fourth-order valence-corrected chi connectivity index (χ4v) is 3.58. The first-order chi connectivity index (χ1) is 18.6. The first kappa shape index (κ1) is 30.7. The van der Waals surface area contributed by atoms with Crippen molar-refractivity contribution >= 4 is 23.6 Å². The average Bonchev–Trinajstić information content (AvgIpc) is 2.91. The van der Waals surface area contributed by atoms with E-state index >= 15 is 0 Å². The molecule has 0 saturated carbocycles. The Morgan fingerprint density at radius 3 is 1.74 bits per heavy atom. The first-order valence-corrected chi connectivity index (χ1v) is 12.5. The molecule has 39 heavy (non-hydrogen) atoms. The van der Waals surface area contributed by atoms with Gasteiger partial charge in [-0.15, -0.1) is 0 Å². The number of rotatable bonds is 15. The van der Waals surface area contributed by atoms with E-state index in [0.29, 0.717) is 39.0 Å².